The summed E-state index contributed by atoms with van der Waals surface area (Å²) in [6.07, 6.45) is 0. The first-order chi connectivity index (χ1) is 12.3. The van der Waals surface area contributed by atoms with Crippen LogP contribution in [0.25, 0.3) is 22.2 Å². The van der Waals surface area contributed by atoms with Crippen molar-refractivity contribution in [3.8, 4) is 22.9 Å². The van der Waals surface area contributed by atoms with Crippen LogP contribution in [0.1, 0.15) is 5.89 Å². The summed E-state index contributed by atoms with van der Waals surface area (Å²) in [6.45, 7) is 0.213. The van der Waals surface area contributed by atoms with E-state index in [1.807, 2.05) is 54.6 Å². The van der Waals surface area contributed by atoms with Gasteiger partial charge in [0.15, 0.2) is 6.61 Å². The van der Waals surface area contributed by atoms with E-state index >= 15 is 0 Å². The van der Waals surface area contributed by atoms with E-state index in [-0.39, 0.29) is 6.61 Å². The van der Waals surface area contributed by atoms with Crippen LogP contribution < -0.4 is 9.47 Å². The molecule has 124 valence electrons. The van der Waals surface area contributed by atoms with E-state index in [0.29, 0.717) is 11.7 Å². The molecule has 4 aromatic rings. The predicted octanol–water partition coefficient (Wildman–Crippen LogP) is 4.48. The minimum Gasteiger partial charge on any atom is -0.497 e. The molecule has 0 saturated carbocycles. The third-order valence-corrected chi connectivity index (χ3v) is 3.90. The van der Waals surface area contributed by atoms with Crippen LogP contribution in [0, 0.1) is 0 Å². The number of aromatic nitrogens is 2. The van der Waals surface area contributed by atoms with Crippen LogP contribution in [0.15, 0.2) is 71.3 Å². The molecule has 0 fully saturated rings. The quantitative estimate of drug-likeness (QED) is 0.539. The maximum absolute atomic E-state index is 5.88. The summed E-state index contributed by atoms with van der Waals surface area (Å²) < 4.78 is 16.4. The maximum Gasteiger partial charge on any atom is 0.264 e. The third-order valence-electron chi connectivity index (χ3n) is 3.90. The summed E-state index contributed by atoms with van der Waals surface area (Å²) in [5.74, 6) is 2.47. The average Bonchev–Trinajstić information content (AvgIpc) is 3.15. The van der Waals surface area contributed by atoms with Gasteiger partial charge in [0.05, 0.1) is 7.11 Å². The Morgan fingerprint density at radius 1 is 0.960 bits per heavy atom. The average molecular weight is 332 g/mol. The molecule has 0 atom stereocenters. The predicted molar refractivity (Wildman–Crippen MR) is 94.6 cm³/mol. The van der Waals surface area contributed by atoms with Crippen molar-refractivity contribution in [2.24, 2.45) is 0 Å². The van der Waals surface area contributed by atoms with Gasteiger partial charge in [-0.05, 0) is 23.6 Å². The molecule has 0 aliphatic rings. The van der Waals surface area contributed by atoms with Gasteiger partial charge in [0, 0.05) is 10.9 Å². The minimum absolute atomic E-state index is 0.213. The van der Waals surface area contributed by atoms with Crippen LogP contribution in [0.4, 0.5) is 0 Å². The number of hydrogen-bond donors (Lipinski definition) is 0. The Hall–Kier alpha value is -3.34. The van der Waals surface area contributed by atoms with Gasteiger partial charge in [-0.25, -0.2) is 0 Å². The minimum atomic E-state index is 0.213. The molecule has 0 amide bonds. The van der Waals surface area contributed by atoms with E-state index in [9.17, 15) is 0 Å². The molecule has 1 aromatic heterocycles. The number of hydrogen-bond acceptors (Lipinski definition) is 5. The molecule has 1 heterocycles. The Morgan fingerprint density at radius 2 is 1.80 bits per heavy atom. The van der Waals surface area contributed by atoms with Gasteiger partial charge in [-0.2, -0.15) is 4.98 Å². The van der Waals surface area contributed by atoms with Gasteiger partial charge in [-0.3, -0.25) is 0 Å². The molecule has 5 heteroatoms. The molecule has 0 aliphatic heterocycles. The topological polar surface area (TPSA) is 57.4 Å². The largest absolute Gasteiger partial charge is 0.497 e. The smallest absolute Gasteiger partial charge is 0.264 e. The molecule has 0 bridgehead atoms. The van der Waals surface area contributed by atoms with Gasteiger partial charge in [0.1, 0.15) is 11.5 Å². The van der Waals surface area contributed by atoms with Crippen LogP contribution in [0.5, 0.6) is 11.5 Å². The summed E-state index contributed by atoms with van der Waals surface area (Å²) in [4.78, 5) is 4.39. The second-order valence-corrected chi connectivity index (χ2v) is 5.51. The first-order valence-electron chi connectivity index (χ1n) is 7.91. The zero-order valence-electron chi connectivity index (χ0n) is 13.7. The molecule has 0 aliphatic carbocycles. The van der Waals surface area contributed by atoms with E-state index in [4.69, 9.17) is 14.0 Å². The Bertz CT molecular complexity index is 1010. The monoisotopic (exact) mass is 332 g/mol. The summed E-state index contributed by atoms with van der Waals surface area (Å²) in [5.41, 5.74) is 0.833. The number of ether oxygens (including phenoxy) is 2. The molecule has 0 unspecified atom stereocenters. The van der Waals surface area contributed by atoms with Crippen molar-refractivity contribution in [1.29, 1.82) is 0 Å². The summed E-state index contributed by atoms with van der Waals surface area (Å²) in [7, 11) is 1.62. The van der Waals surface area contributed by atoms with Crippen molar-refractivity contribution in [3.05, 3.63) is 72.6 Å². The lowest BCUT2D eigenvalue weighted by atomic mass is 10.1. The summed E-state index contributed by atoms with van der Waals surface area (Å²) in [5, 5.41) is 6.20. The number of nitrogens with zero attached hydrogens (tertiary/aromatic N) is 2. The lowest BCUT2D eigenvalue weighted by Crippen LogP contribution is -1.96. The lowest BCUT2D eigenvalue weighted by molar-refractivity contribution is 0.245. The van der Waals surface area contributed by atoms with Crippen molar-refractivity contribution in [2.45, 2.75) is 6.61 Å². The van der Waals surface area contributed by atoms with Crippen molar-refractivity contribution >= 4 is 10.8 Å². The SMILES string of the molecule is COc1cccc(-c2noc(COc3cccc4ccccc34)n2)c1. The zero-order chi connectivity index (χ0) is 17.1. The Labute approximate surface area is 144 Å². The summed E-state index contributed by atoms with van der Waals surface area (Å²) >= 11 is 0. The van der Waals surface area contributed by atoms with Gasteiger partial charge in [0.25, 0.3) is 5.89 Å². The molecule has 3 aromatic carbocycles. The van der Waals surface area contributed by atoms with Crippen molar-refractivity contribution in [3.63, 3.8) is 0 Å². The van der Waals surface area contributed by atoms with Crippen LogP contribution >= 0.6 is 0 Å². The van der Waals surface area contributed by atoms with Crippen LogP contribution in [-0.2, 0) is 6.61 Å². The highest BCUT2D eigenvalue weighted by Gasteiger charge is 2.11. The highest BCUT2D eigenvalue weighted by atomic mass is 16.5. The highest BCUT2D eigenvalue weighted by molar-refractivity contribution is 5.88. The number of fused-ring (bicyclic) bond motifs is 1. The van der Waals surface area contributed by atoms with Gasteiger partial charge >= 0.3 is 0 Å². The standard InChI is InChI=1S/C20H16N2O3/c1-23-16-9-4-8-15(12-16)20-21-19(25-22-20)13-24-18-11-5-7-14-6-2-3-10-17(14)18/h2-12H,13H2,1H3. The molecule has 0 spiro atoms. The molecule has 0 N–H and O–H groups in total. The van der Waals surface area contributed by atoms with Gasteiger partial charge < -0.3 is 14.0 Å². The Balaban J connectivity index is 1.53. The number of methoxy groups -OCH3 is 1. The molecular weight excluding hydrogens is 316 g/mol. The first-order valence-corrected chi connectivity index (χ1v) is 7.91. The second kappa shape index (κ2) is 6.65. The fourth-order valence-corrected chi connectivity index (χ4v) is 2.65. The molecular formula is C20H16N2O3. The molecule has 0 saturated heterocycles. The molecule has 4 rings (SSSR count). The highest BCUT2D eigenvalue weighted by Crippen LogP contribution is 2.26. The van der Waals surface area contributed by atoms with Crippen molar-refractivity contribution in [1.82, 2.24) is 10.1 Å². The molecule has 5 nitrogen and oxygen atoms in total. The Morgan fingerprint density at radius 3 is 2.72 bits per heavy atom. The number of benzene rings is 3. The van der Waals surface area contributed by atoms with Gasteiger partial charge in [-0.15, -0.1) is 0 Å². The fourth-order valence-electron chi connectivity index (χ4n) is 2.65. The Kier molecular flexibility index (Phi) is 4.04. The van der Waals surface area contributed by atoms with Crippen LogP contribution in [-0.4, -0.2) is 17.3 Å². The molecule has 0 radical (unpaired) electrons. The van der Waals surface area contributed by atoms with Crippen LogP contribution in [0.2, 0.25) is 0 Å². The fraction of sp³-hybridized carbons (Fsp3) is 0.100. The maximum atomic E-state index is 5.88. The first kappa shape index (κ1) is 15.2. The van der Waals surface area contributed by atoms with Gasteiger partial charge in [0.2, 0.25) is 5.82 Å². The van der Waals surface area contributed by atoms with E-state index in [1.165, 1.54) is 0 Å². The second-order valence-electron chi connectivity index (χ2n) is 5.51. The molecule has 25 heavy (non-hydrogen) atoms. The van der Waals surface area contributed by atoms with Crippen molar-refractivity contribution in [2.75, 3.05) is 7.11 Å². The van der Waals surface area contributed by atoms with E-state index in [1.54, 1.807) is 7.11 Å². The van der Waals surface area contributed by atoms with Crippen molar-refractivity contribution < 1.29 is 14.0 Å². The van der Waals surface area contributed by atoms with E-state index in [0.717, 1.165) is 27.8 Å². The van der Waals surface area contributed by atoms with E-state index in [2.05, 4.69) is 22.3 Å². The number of rotatable bonds is 5. The van der Waals surface area contributed by atoms with E-state index < -0.39 is 0 Å². The third kappa shape index (κ3) is 3.17. The normalized spacial score (nSPS) is 10.8. The van der Waals surface area contributed by atoms with Gasteiger partial charge in [-0.1, -0.05) is 53.7 Å². The lowest BCUT2D eigenvalue weighted by Gasteiger charge is -2.06. The zero-order valence-corrected chi connectivity index (χ0v) is 13.7. The summed E-state index contributed by atoms with van der Waals surface area (Å²) in [6, 6.07) is 21.5. The van der Waals surface area contributed by atoms with Crippen LogP contribution in [0.3, 0.4) is 0 Å².